The van der Waals surface area contributed by atoms with Gasteiger partial charge in [-0.3, -0.25) is 4.79 Å². The number of aliphatic hydroxyl groups is 1. The lowest BCUT2D eigenvalue weighted by Gasteiger charge is -2.25. The van der Waals surface area contributed by atoms with Crippen LogP contribution in [0.4, 0.5) is 4.39 Å². The van der Waals surface area contributed by atoms with Gasteiger partial charge in [0, 0.05) is 10.9 Å². The zero-order valence-electron chi connectivity index (χ0n) is 13.0. The summed E-state index contributed by atoms with van der Waals surface area (Å²) in [6.45, 7) is 1.97. The van der Waals surface area contributed by atoms with Crippen LogP contribution in [0.5, 0.6) is 0 Å². The number of nitrogens with one attached hydrogen (secondary N) is 1. The first-order valence-electron chi connectivity index (χ1n) is 7.88. The maximum absolute atomic E-state index is 13.0. The van der Waals surface area contributed by atoms with Gasteiger partial charge in [0.05, 0.1) is 11.0 Å². The van der Waals surface area contributed by atoms with Gasteiger partial charge < -0.3 is 10.4 Å². The fraction of sp³-hybridized carbons (Fsp3) is 0.389. The lowest BCUT2D eigenvalue weighted by atomic mass is 9.93. The zero-order chi connectivity index (χ0) is 16.4. The van der Waals surface area contributed by atoms with Crippen molar-refractivity contribution in [1.29, 1.82) is 0 Å². The number of benzene rings is 1. The molecule has 3 nitrogen and oxygen atoms in total. The molecule has 1 heterocycles. The van der Waals surface area contributed by atoms with Crippen molar-refractivity contribution in [3.8, 4) is 11.1 Å². The van der Waals surface area contributed by atoms with Gasteiger partial charge in [-0.1, -0.05) is 12.1 Å². The molecule has 5 heteroatoms. The lowest BCUT2D eigenvalue weighted by molar-refractivity contribution is 0.0871. The number of hydrogen-bond donors (Lipinski definition) is 2. The Morgan fingerprint density at radius 3 is 2.52 bits per heavy atom. The van der Waals surface area contributed by atoms with E-state index in [0.29, 0.717) is 4.88 Å². The molecule has 1 aliphatic rings. The third-order valence-electron chi connectivity index (χ3n) is 4.33. The van der Waals surface area contributed by atoms with Crippen LogP contribution in [0, 0.1) is 12.7 Å². The molecule has 2 N–H and O–H groups in total. The molecule has 0 unspecified atom stereocenters. The first kappa shape index (κ1) is 16.1. The lowest BCUT2D eigenvalue weighted by Crippen LogP contribution is -2.38. The molecule has 0 radical (unpaired) electrons. The van der Waals surface area contributed by atoms with E-state index in [2.05, 4.69) is 5.32 Å². The smallest absolute Gasteiger partial charge is 0.261 e. The van der Waals surface area contributed by atoms with E-state index in [9.17, 15) is 14.3 Å². The van der Waals surface area contributed by atoms with E-state index in [4.69, 9.17) is 0 Å². The van der Waals surface area contributed by atoms with E-state index in [0.717, 1.165) is 41.7 Å². The molecular weight excluding hydrogens is 313 g/mol. The van der Waals surface area contributed by atoms with Crippen molar-refractivity contribution in [2.75, 3.05) is 0 Å². The molecule has 1 aromatic carbocycles. The summed E-state index contributed by atoms with van der Waals surface area (Å²) in [5.41, 5.74) is 1.89. The van der Waals surface area contributed by atoms with Crippen molar-refractivity contribution >= 4 is 17.2 Å². The Labute approximate surface area is 139 Å². The third-order valence-corrected chi connectivity index (χ3v) is 5.38. The maximum Gasteiger partial charge on any atom is 0.261 e. The van der Waals surface area contributed by atoms with Crippen molar-refractivity contribution in [3.05, 3.63) is 45.9 Å². The quantitative estimate of drug-likeness (QED) is 0.895. The first-order valence-corrected chi connectivity index (χ1v) is 8.70. The molecule has 0 atom stereocenters. The van der Waals surface area contributed by atoms with Gasteiger partial charge in [0.1, 0.15) is 5.82 Å². The number of hydrogen-bond acceptors (Lipinski definition) is 3. The second-order valence-electron chi connectivity index (χ2n) is 6.07. The van der Waals surface area contributed by atoms with Crippen LogP contribution < -0.4 is 5.32 Å². The molecule has 0 saturated heterocycles. The van der Waals surface area contributed by atoms with Gasteiger partial charge in [-0.15, -0.1) is 11.3 Å². The second kappa shape index (κ2) is 6.81. The van der Waals surface area contributed by atoms with E-state index in [1.165, 1.54) is 23.5 Å². The fourth-order valence-electron chi connectivity index (χ4n) is 2.99. The minimum Gasteiger partial charge on any atom is -0.393 e. The van der Waals surface area contributed by atoms with Crippen molar-refractivity contribution in [2.45, 2.75) is 44.8 Å². The van der Waals surface area contributed by atoms with Crippen molar-refractivity contribution in [2.24, 2.45) is 0 Å². The topological polar surface area (TPSA) is 49.3 Å². The third kappa shape index (κ3) is 3.79. The average Bonchev–Trinajstić information content (AvgIpc) is 2.92. The molecule has 1 saturated carbocycles. The number of halogens is 1. The minimum absolute atomic E-state index is 0.0622. The summed E-state index contributed by atoms with van der Waals surface area (Å²) in [4.78, 5) is 14.1. The average molecular weight is 333 g/mol. The van der Waals surface area contributed by atoms with Gasteiger partial charge in [0.2, 0.25) is 0 Å². The molecule has 1 amide bonds. The van der Waals surface area contributed by atoms with Gasteiger partial charge in [0.25, 0.3) is 5.91 Å². The highest BCUT2D eigenvalue weighted by atomic mass is 32.1. The van der Waals surface area contributed by atoms with Crippen molar-refractivity contribution in [1.82, 2.24) is 5.32 Å². The van der Waals surface area contributed by atoms with Crippen LogP contribution in [0.1, 0.15) is 40.2 Å². The van der Waals surface area contributed by atoms with Gasteiger partial charge >= 0.3 is 0 Å². The second-order valence-corrected chi connectivity index (χ2v) is 7.32. The van der Waals surface area contributed by atoms with Crippen LogP contribution in [0.3, 0.4) is 0 Å². The van der Waals surface area contributed by atoms with Gasteiger partial charge in [-0.25, -0.2) is 4.39 Å². The van der Waals surface area contributed by atoms with Crippen LogP contribution in [-0.4, -0.2) is 23.2 Å². The summed E-state index contributed by atoms with van der Waals surface area (Å²) in [5, 5.41) is 12.6. The first-order chi connectivity index (χ1) is 11.0. The van der Waals surface area contributed by atoms with Gasteiger partial charge in [-0.05, 0) is 61.9 Å². The summed E-state index contributed by atoms with van der Waals surface area (Å²) in [6.07, 6.45) is 2.91. The molecule has 1 aliphatic carbocycles. The van der Waals surface area contributed by atoms with Crippen LogP contribution in [-0.2, 0) is 0 Å². The van der Waals surface area contributed by atoms with E-state index >= 15 is 0 Å². The fourth-order valence-corrected chi connectivity index (χ4v) is 3.93. The van der Waals surface area contributed by atoms with E-state index in [1.807, 2.05) is 13.0 Å². The molecule has 122 valence electrons. The van der Waals surface area contributed by atoms with Crippen LogP contribution in [0.2, 0.25) is 0 Å². The number of thiophene rings is 1. The number of aryl methyl sites for hydroxylation is 1. The SMILES string of the molecule is Cc1sc(C(=O)NC2CCC(O)CC2)cc1-c1ccc(F)cc1. The summed E-state index contributed by atoms with van der Waals surface area (Å²) >= 11 is 1.46. The molecule has 23 heavy (non-hydrogen) atoms. The predicted molar refractivity (Wildman–Crippen MR) is 90.2 cm³/mol. The minimum atomic E-state index is -0.265. The zero-order valence-corrected chi connectivity index (χ0v) is 13.8. The Hall–Kier alpha value is -1.72. The highest BCUT2D eigenvalue weighted by Crippen LogP contribution is 2.31. The highest BCUT2D eigenvalue weighted by Gasteiger charge is 2.22. The monoisotopic (exact) mass is 333 g/mol. The Morgan fingerprint density at radius 2 is 1.87 bits per heavy atom. The standard InChI is InChI=1S/C18H20FNO2S/c1-11-16(12-2-4-13(19)5-3-12)10-17(23-11)18(22)20-14-6-8-15(21)9-7-14/h2-5,10,14-15,21H,6-9H2,1H3,(H,20,22). The molecule has 1 aromatic heterocycles. The van der Waals surface area contributed by atoms with Crippen LogP contribution >= 0.6 is 11.3 Å². The van der Waals surface area contributed by atoms with E-state index in [-0.39, 0.29) is 23.9 Å². The molecule has 0 spiro atoms. The predicted octanol–water partition coefficient (Wildman–Crippen LogP) is 3.90. The Bertz CT molecular complexity index is 688. The van der Waals surface area contributed by atoms with Gasteiger partial charge in [0.15, 0.2) is 0 Å². The summed E-state index contributed by atoms with van der Waals surface area (Å²) in [7, 11) is 0. The highest BCUT2D eigenvalue weighted by molar-refractivity contribution is 7.14. The van der Waals surface area contributed by atoms with Crippen LogP contribution in [0.15, 0.2) is 30.3 Å². The summed E-state index contributed by atoms with van der Waals surface area (Å²) < 4.78 is 13.0. The van der Waals surface area contributed by atoms with Crippen LogP contribution in [0.25, 0.3) is 11.1 Å². The molecule has 0 aliphatic heterocycles. The van der Waals surface area contributed by atoms with Crippen molar-refractivity contribution < 1.29 is 14.3 Å². The Morgan fingerprint density at radius 1 is 1.22 bits per heavy atom. The molecule has 0 bridgehead atoms. The Balaban J connectivity index is 1.72. The molecule has 2 aromatic rings. The number of amides is 1. The van der Waals surface area contributed by atoms with E-state index < -0.39 is 0 Å². The largest absolute Gasteiger partial charge is 0.393 e. The number of rotatable bonds is 3. The normalized spacial score (nSPS) is 21.2. The van der Waals surface area contributed by atoms with Gasteiger partial charge in [-0.2, -0.15) is 0 Å². The summed E-state index contributed by atoms with van der Waals surface area (Å²) in [6, 6.07) is 8.34. The Kier molecular flexibility index (Phi) is 4.78. The molecular formula is C18H20FNO2S. The van der Waals surface area contributed by atoms with E-state index in [1.54, 1.807) is 12.1 Å². The number of carbonyl (C=O) groups is 1. The molecule has 3 rings (SSSR count). The summed E-state index contributed by atoms with van der Waals surface area (Å²) in [5.74, 6) is -0.327. The number of carbonyl (C=O) groups excluding carboxylic acids is 1. The molecule has 1 fully saturated rings. The van der Waals surface area contributed by atoms with Crippen molar-refractivity contribution in [3.63, 3.8) is 0 Å². The maximum atomic E-state index is 13.0. The number of aliphatic hydroxyl groups excluding tert-OH is 1.